The van der Waals surface area contributed by atoms with Gasteiger partial charge in [-0.05, 0) is 43.2 Å². The minimum Gasteiger partial charge on any atom is -0.497 e. The number of methoxy groups -OCH3 is 1. The van der Waals surface area contributed by atoms with Gasteiger partial charge in [-0.3, -0.25) is 4.79 Å². The fourth-order valence-corrected chi connectivity index (χ4v) is 2.67. The zero-order valence-electron chi connectivity index (χ0n) is 14.4. The smallest absolute Gasteiger partial charge is 0.267 e. The first kappa shape index (κ1) is 17.0. The lowest BCUT2D eigenvalue weighted by Gasteiger charge is -2.20. The van der Waals surface area contributed by atoms with Gasteiger partial charge >= 0.3 is 0 Å². The first-order valence-electron chi connectivity index (χ1n) is 8.24. The Morgan fingerprint density at radius 3 is 2.88 bits per heavy atom. The van der Waals surface area contributed by atoms with Crippen LogP contribution in [0.1, 0.15) is 25.3 Å². The molecular formula is C18H22N4O3. The van der Waals surface area contributed by atoms with E-state index in [0.717, 1.165) is 30.0 Å². The van der Waals surface area contributed by atoms with Gasteiger partial charge in [-0.2, -0.15) is 0 Å². The van der Waals surface area contributed by atoms with E-state index in [0.29, 0.717) is 13.0 Å². The Bertz CT molecular complexity index is 740. The number of carbonyl (C=O) groups excluding carboxylic acids is 1. The Morgan fingerprint density at radius 2 is 2.20 bits per heavy atom. The van der Waals surface area contributed by atoms with Crippen LogP contribution in [0.25, 0.3) is 0 Å². The molecular weight excluding hydrogens is 320 g/mol. The number of oxime groups is 1. The van der Waals surface area contributed by atoms with Crippen molar-refractivity contribution in [1.82, 2.24) is 14.9 Å². The Labute approximate surface area is 146 Å². The molecule has 0 aliphatic carbocycles. The second kappa shape index (κ2) is 7.38. The van der Waals surface area contributed by atoms with Crippen LogP contribution in [0.4, 0.5) is 0 Å². The minimum atomic E-state index is -0.968. The molecule has 132 valence electrons. The molecule has 1 aromatic carbocycles. The quantitative estimate of drug-likeness (QED) is 0.781. The molecule has 1 aliphatic heterocycles. The average Bonchev–Trinajstić information content (AvgIpc) is 3.29. The molecule has 1 unspecified atom stereocenters. The number of hydrogen-bond acceptors (Lipinski definition) is 5. The summed E-state index contributed by atoms with van der Waals surface area (Å²) in [6.07, 6.45) is 6.66. The third kappa shape index (κ3) is 3.99. The molecule has 0 radical (unpaired) electrons. The summed E-state index contributed by atoms with van der Waals surface area (Å²) in [5.41, 5.74) is 0.723. The highest BCUT2D eigenvalue weighted by Gasteiger charge is 2.41. The van der Waals surface area contributed by atoms with Crippen molar-refractivity contribution in [2.75, 3.05) is 13.7 Å². The van der Waals surface area contributed by atoms with E-state index in [4.69, 9.17) is 9.57 Å². The number of aryl methyl sites for hydroxylation is 1. The second-order valence-corrected chi connectivity index (χ2v) is 6.18. The number of nitrogens with zero attached hydrogens (tertiary/aromatic N) is 3. The molecule has 2 aromatic rings. The molecule has 7 heteroatoms. The molecule has 25 heavy (non-hydrogen) atoms. The molecule has 0 bridgehead atoms. The van der Waals surface area contributed by atoms with Gasteiger partial charge in [0.05, 0.1) is 19.1 Å². The molecule has 1 amide bonds. The van der Waals surface area contributed by atoms with Crippen LogP contribution in [0.2, 0.25) is 0 Å². The van der Waals surface area contributed by atoms with Crippen molar-refractivity contribution in [2.45, 2.75) is 31.9 Å². The van der Waals surface area contributed by atoms with Crippen LogP contribution in [-0.4, -0.2) is 40.4 Å². The van der Waals surface area contributed by atoms with Gasteiger partial charge in [0.2, 0.25) is 5.60 Å². The van der Waals surface area contributed by atoms with Gasteiger partial charge in [0, 0.05) is 31.9 Å². The highest BCUT2D eigenvalue weighted by Crippen LogP contribution is 2.27. The van der Waals surface area contributed by atoms with Crippen LogP contribution in [0.5, 0.6) is 5.75 Å². The van der Waals surface area contributed by atoms with Gasteiger partial charge < -0.3 is 19.5 Å². The van der Waals surface area contributed by atoms with Gasteiger partial charge in [0.25, 0.3) is 5.91 Å². The second-order valence-electron chi connectivity index (χ2n) is 6.18. The van der Waals surface area contributed by atoms with Crippen LogP contribution in [0, 0.1) is 0 Å². The number of imidazole rings is 1. The third-order valence-corrected chi connectivity index (χ3v) is 4.20. The van der Waals surface area contributed by atoms with E-state index >= 15 is 0 Å². The summed E-state index contributed by atoms with van der Waals surface area (Å²) in [5.74, 6) is 0.632. The topological polar surface area (TPSA) is 77.7 Å². The first-order valence-corrected chi connectivity index (χ1v) is 8.24. The number of amides is 1. The zero-order valence-corrected chi connectivity index (χ0v) is 14.4. The zero-order chi connectivity index (χ0) is 17.7. The van der Waals surface area contributed by atoms with Crippen LogP contribution >= 0.6 is 0 Å². The van der Waals surface area contributed by atoms with E-state index in [9.17, 15) is 4.79 Å². The highest BCUT2D eigenvalue weighted by atomic mass is 16.7. The summed E-state index contributed by atoms with van der Waals surface area (Å²) < 4.78 is 7.13. The number of rotatable bonds is 7. The summed E-state index contributed by atoms with van der Waals surface area (Å²) in [6.45, 7) is 3.15. The van der Waals surface area contributed by atoms with Gasteiger partial charge in [-0.15, -0.1) is 0 Å². The van der Waals surface area contributed by atoms with E-state index in [1.165, 1.54) is 0 Å². The minimum absolute atomic E-state index is 0.148. The van der Waals surface area contributed by atoms with E-state index in [1.807, 2.05) is 35.0 Å². The van der Waals surface area contributed by atoms with E-state index < -0.39 is 5.60 Å². The van der Waals surface area contributed by atoms with Crippen molar-refractivity contribution in [3.63, 3.8) is 0 Å². The number of nitrogens with one attached hydrogen (secondary N) is 1. The normalized spacial score (nSPS) is 19.2. The monoisotopic (exact) mass is 342 g/mol. The van der Waals surface area contributed by atoms with Crippen molar-refractivity contribution in [1.29, 1.82) is 0 Å². The predicted molar refractivity (Wildman–Crippen MR) is 93.5 cm³/mol. The highest BCUT2D eigenvalue weighted by molar-refractivity contribution is 6.05. The summed E-state index contributed by atoms with van der Waals surface area (Å²) >= 11 is 0. The van der Waals surface area contributed by atoms with Crippen molar-refractivity contribution < 1.29 is 14.4 Å². The lowest BCUT2D eigenvalue weighted by atomic mass is 9.95. The fourth-order valence-electron chi connectivity index (χ4n) is 2.67. The maximum absolute atomic E-state index is 12.5. The Kier molecular flexibility index (Phi) is 5.02. The summed E-state index contributed by atoms with van der Waals surface area (Å²) in [4.78, 5) is 21.9. The summed E-state index contributed by atoms with van der Waals surface area (Å²) in [7, 11) is 1.62. The van der Waals surface area contributed by atoms with Gasteiger partial charge in [-0.25, -0.2) is 4.98 Å². The molecule has 3 rings (SSSR count). The maximum Gasteiger partial charge on any atom is 0.267 e. The van der Waals surface area contributed by atoms with Crippen LogP contribution in [0.3, 0.4) is 0 Å². The molecule has 1 aliphatic rings. The van der Waals surface area contributed by atoms with Gasteiger partial charge in [0.15, 0.2) is 0 Å². The largest absolute Gasteiger partial charge is 0.497 e. The van der Waals surface area contributed by atoms with Crippen LogP contribution in [0.15, 0.2) is 48.1 Å². The molecule has 0 saturated heterocycles. The summed E-state index contributed by atoms with van der Waals surface area (Å²) in [6, 6.07) is 7.55. The molecule has 7 nitrogen and oxygen atoms in total. The standard InChI is InChI=1S/C18H22N4O3/c1-18(17(23)20-8-3-10-22-11-9-19-13-22)12-16(21-25-18)14-4-6-15(24-2)7-5-14/h4-7,9,11,13H,3,8,10,12H2,1-2H3,(H,20,23). The van der Waals surface area contributed by atoms with Crippen LogP contribution < -0.4 is 10.1 Å². The lowest BCUT2D eigenvalue weighted by Crippen LogP contribution is -2.45. The predicted octanol–water partition coefficient (Wildman–Crippen LogP) is 1.98. The molecule has 0 fully saturated rings. The molecule has 0 saturated carbocycles. The number of hydrogen-bond donors (Lipinski definition) is 1. The Hall–Kier alpha value is -2.83. The average molecular weight is 342 g/mol. The molecule has 1 N–H and O–H groups in total. The molecule has 1 atom stereocenters. The number of ether oxygens (including phenoxy) is 1. The van der Waals surface area contributed by atoms with E-state index in [1.54, 1.807) is 26.6 Å². The number of aromatic nitrogens is 2. The molecule has 1 aromatic heterocycles. The van der Waals surface area contributed by atoms with Crippen LogP contribution in [-0.2, 0) is 16.2 Å². The van der Waals surface area contributed by atoms with Crippen molar-refractivity contribution in [3.8, 4) is 5.75 Å². The number of benzene rings is 1. The third-order valence-electron chi connectivity index (χ3n) is 4.20. The van der Waals surface area contributed by atoms with Crippen molar-refractivity contribution in [2.24, 2.45) is 5.16 Å². The van der Waals surface area contributed by atoms with Crippen molar-refractivity contribution in [3.05, 3.63) is 48.5 Å². The first-order chi connectivity index (χ1) is 12.1. The molecule has 2 heterocycles. The lowest BCUT2D eigenvalue weighted by molar-refractivity contribution is -0.141. The van der Waals surface area contributed by atoms with E-state index in [-0.39, 0.29) is 5.91 Å². The maximum atomic E-state index is 12.5. The molecule has 0 spiro atoms. The SMILES string of the molecule is COc1ccc(C2=NOC(C)(C(=O)NCCCn3ccnc3)C2)cc1. The summed E-state index contributed by atoms with van der Waals surface area (Å²) in [5, 5.41) is 7.03. The Balaban J connectivity index is 1.49. The number of carbonyl (C=O) groups is 1. The van der Waals surface area contributed by atoms with Gasteiger partial charge in [-0.1, -0.05) is 5.16 Å². The fraction of sp³-hybridized carbons (Fsp3) is 0.389. The Morgan fingerprint density at radius 1 is 1.40 bits per heavy atom. The van der Waals surface area contributed by atoms with Gasteiger partial charge in [0.1, 0.15) is 5.75 Å². The van der Waals surface area contributed by atoms with E-state index in [2.05, 4.69) is 15.5 Å². The van der Waals surface area contributed by atoms with Crippen molar-refractivity contribution >= 4 is 11.6 Å².